The molecule has 0 fully saturated rings. The molecule has 5 heteroatoms. The summed E-state index contributed by atoms with van der Waals surface area (Å²) in [5.41, 5.74) is 0.284. The molecule has 1 aromatic heterocycles. The largest absolute Gasteiger partial charge is 0.545 e. The average molecular weight is 155 g/mol. The maximum absolute atomic E-state index is 12.1. The fraction of sp³-hybridized carbons (Fsp3) is 0. The molecular weight excluding hydrogens is 151 g/mol. The number of aromatic nitrogens is 2. The molecule has 0 aromatic carbocycles. The Kier molecular flexibility index (Phi) is 2.00. The van der Waals surface area contributed by atoms with Gasteiger partial charge in [0, 0.05) is 0 Å². The Morgan fingerprint density at radius 1 is 1.82 bits per heavy atom. The van der Waals surface area contributed by atoms with Gasteiger partial charge in [0.15, 0.2) is 0 Å². The van der Waals surface area contributed by atoms with E-state index in [1.807, 2.05) is 0 Å². The number of halogens is 1. The molecule has 0 spiro atoms. The van der Waals surface area contributed by atoms with E-state index in [9.17, 15) is 14.3 Å². The van der Waals surface area contributed by atoms with Gasteiger partial charge in [0.1, 0.15) is 0 Å². The van der Waals surface area contributed by atoms with Gasteiger partial charge in [-0.15, -0.1) is 0 Å². The normalized spacial score (nSPS) is 10.6. The van der Waals surface area contributed by atoms with E-state index in [1.54, 1.807) is 0 Å². The molecule has 1 aromatic rings. The van der Waals surface area contributed by atoms with Crippen molar-refractivity contribution in [1.82, 2.24) is 9.97 Å². The van der Waals surface area contributed by atoms with Crippen LogP contribution < -0.4 is 5.11 Å². The summed E-state index contributed by atoms with van der Waals surface area (Å²) in [6, 6.07) is 0. The number of aliphatic carboxylic acids is 1. The number of aromatic amines is 1. The van der Waals surface area contributed by atoms with Gasteiger partial charge in [0.25, 0.3) is 6.08 Å². The van der Waals surface area contributed by atoms with Gasteiger partial charge in [-0.3, -0.25) is 0 Å². The Bertz CT molecular complexity index is 293. The topological polar surface area (TPSA) is 68.8 Å². The van der Waals surface area contributed by atoms with Crippen LogP contribution in [0.15, 0.2) is 12.3 Å². The molecule has 0 atom stereocenters. The molecule has 0 unspecified atom stereocenters. The molecule has 0 aliphatic rings. The smallest absolute Gasteiger partial charge is 0.286 e. The number of nitrogens with one attached hydrogen (secondary N) is 1. The Hall–Kier alpha value is -1.65. The number of hydrogen-bond acceptors (Lipinski definition) is 3. The first kappa shape index (κ1) is 7.46. The maximum Gasteiger partial charge on any atom is 0.286 e. The third-order valence-electron chi connectivity index (χ3n) is 0.963. The van der Waals surface area contributed by atoms with E-state index in [-0.39, 0.29) is 5.69 Å². The van der Waals surface area contributed by atoms with Gasteiger partial charge in [-0.25, -0.2) is 4.98 Å². The molecule has 0 aliphatic carbocycles. The molecule has 0 aliphatic heterocycles. The second-order valence-corrected chi connectivity index (χ2v) is 1.78. The summed E-state index contributed by atoms with van der Waals surface area (Å²) in [7, 11) is 0. The summed E-state index contributed by atoms with van der Waals surface area (Å²) in [5, 5.41) is 9.85. The Morgan fingerprint density at radius 2 is 2.55 bits per heavy atom. The first-order valence-corrected chi connectivity index (χ1v) is 2.78. The van der Waals surface area contributed by atoms with Crippen LogP contribution in [0.4, 0.5) is 4.39 Å². The van der Waals surface area contributed by atoms with Gasteiger partial charge in [-0.1, -0.05) is 0 Å². The highest BCUT2D eigenvalue weighted by molar-refractivity contribution is 5.82. The predicted molar refractivity (Wildman–Crippen MR) is 32.6 cm³/mol. The van der Waals surface area contributed by atoms with Crippen molar-refractivity contribution in [2.45, 2.75) is 0 Å². The number of carboxylic acid groups (broad SMARTS) is 1. The van der Waals surface area contributed by atoms with Crippen molar-refractivity contribution in [3.63, 3.8) is 0 Å². The Morgan fingerprint density at radius 3 is 3.00 bits per heavy atom. The van der Waals surface area contributed by atoms with Crippen LogP contribution in [0.1, 0.15) is 5.69 Å². The summed E-state index contributed by atoms with van der Waals surface area (Å²) in [4.78, 5) is 15.2. The van der Waals surface area contributed by atoms with Crippen molar-refractivity contribution < 1.29 is 14.3 Å². The first-order chi connectivity index (χ1) is 5.18. The average Bonchev–Trinajstić information content (AvgIpc) is 2.31. The van der Waals surface area contributed by atoms with Crippen molar-refractivity contribution in [1.29, 1.82) is 0 Å². The molecule has 0 saturated carbocycles. The number of carboxylic acids is 1. The van der Waals surface area contributed by atoms with Gasteiger partial charge in [-0.2, -0.15) is 4.39 Å². The fourth-order valence-electron chi connectivity index (χ4n) is 0.552. The van der Waals surface area contributed by atoms with Crippen LogP contribution >= 0.6 is 0 Å². The monoisotopic (exact) mass is 155 g/mol. The highest BCUT2D eigenvalue weighted by Crippen LogP contribution is 1.96. The number of H-pyrrole nitrogens is 1. The van der Waals surface area contributed by atoms with E-state index in [0.29, 0.717) is 0 Å². The number of nitrogens with zero attached hydrogens (tertiary/aromatic N) is 1. The van der Waals surface area contributed by atoms with Crippen LogP contribution in [0.25, 0.3) is 6.08 Å². The van der Waals surface area contributed by atoms with E-state index < -0.39 is 12.0 Å². The lowest BCUT2D eigenvalue weighted by Crippen LogP contribution is -2.18. The Labute approximate surface area is 61.4 Å². The first-order valence-electron chi connectivity index (χ1n) is 2.78. The number of imidazole rings is 1. The third-order valence-corrected chi connectivity index (χ3v) is 0.963. The summed E-state index contributed by atoms with van der Waals surface area (Å²) >= 11 is 0. The highest BCUT2D eigenvalue weighted by atomic mass is 19.1. The zero-order valence-electron chi connectivity index (χ0n) is 5.37. The summed E-state index contributed by atoms with van der Waals surface area (Å²) < 4.78 is 12.1. The lowest BCUT2D eigenvalue weighted by Gasteiger charge is -1.87. The molecular formula is C6H4FN2O2-. The second kappa shape index (κ2) is 2.96. The number of rotatable bonds is 2. The van der Waals surface area contributed by atoms with Gasteiger partial charge < -0.3 is 14.9 Å². The standard InChI is InChI=1S/C6H5FN2O2/c7-6-8-3-4(9-6)1-2-5(10)11/h1-3H,(H,8,9)(H,10,11)/p-1/b2-1+. The van der Waals surface area contributed by atoms with E-state index >= 15 is 0 Å². The molecule has 58 valence electrons. The number of carbonyl (C=O) groups is 1. The quantitative estimate of drug-likeness (QED) is 0.575. The van der Waals surface area contributed by atoms with Crippen LogP contribution in [0.3, 0.4) is 0 Å². The second-order valence-electron chi connectivity index (χ2n) is 1.78. The summed E-state index contributed by atoms with van der Waals surface area (Å²) in [6.07, 6.45) is 2.37. The number of carbonyl (C=O) groups excluding carboxylic acids is 1. The van der Waals surface area contributed by atoms with Gasteiger partial charge in [0.2, 0.25) is 0 Å². The van der Waals surface area contributed by atoms with Gasteiger partial charge in [0.05, 0.1) is 17.9 Å². The molecule has 1 rings (SSSR count). The van der Waals surface area contributed by atoms with Crippen LogP contribution in [0.5, 0.6) is 0 Å². The molecule has 0 saturated heterocycles. The highest BCUT2D eigenvalue weighted by Gasteiger charge is 1.92. The predicted octanol–water partition coefficient (Wildman–Crippen LogP) is -0.688. The van der Waals surface area contributed by atoms with E-state index in [2.05, 4.69) is 9.97 Å². The van der Waals surface area contributed by atoms with Gasteiger partial charge >= 0.3 is 0 Å². The maximum atomic E-state index is 12.1. The van der Waals surface area contributed by atoms with Crippen LogP contribution in [-0.2, 0) is 4.79 Å². The SMILES string of the molecule is O=C([O-])/C=C/c1cnc(F)[nH]1. The van der Waals surface area contributed by atoms with Crippen molar-refractivity contribution in [2.75, 3.05) is 0 Å². The lowest BCUT2D eigenvalue weighted by atomic mass is 10.4. The number of hydrogen-bond donors (Lipinski definition) is 1. The fourth-order valence-corrected chi connectivity index (χ4v) is 0.552. The van der Waals surface area contributed by atoms with E-state index in [4.69, 9.17) is 0 Å². The van der Waals surface area contributed by atoms with E-state index in [1.165, 1.54) is 6.20 Å². The van der Waals surface area contributed by atoms with Crippen LogP contribution in [0.2, 0.25) is 0 Å². The lowest BCUT2D eigenvalue weighted by molar-refractivity contribution is -0.297. The summed E-state index contributed by atoms with van der Waals surface area (Å²) in [6.45, 7) is 0. The minimum absolute atomic E-state index is 0.284. The molecule has 11 heavy (non-hydrogen) atoms. The molecule has 4 nitrogen and oxygen atoms in total. The van der Waals surface area contributed by atoms with Crippen molar-refractivity contribution in [2.24, 2.45) is 0 Å². The molecule has 0 radical (unpaired) electrons. The van der Waals surface area contributed by atoms with Crippen LogP contribution in [0, 0.1) is 6.08 Å². The molecule has 1 heterocycles. The zero-order chi connectivity index (χ0) is 8.27. The molecule has 0 amide bonds. The Balaban J connectivity index is 2.71. The molecule has 0 bridgehead atoms. The van der Waals surface area contributed by atoms with Crippen molar-refractivity contribution >= 4 is 12.0 Å². The minimum Gasteiger partial charge on any atom is -0.545 e. The zero-order valence-corrected chi connectivity index (χ0v) is 5.37. The van der Waals surface area contributed by atoms with Crippen LogP contribution in [-0.4, -0.2) is 15.9 Å². The third kappa shape index (κ3) is 2.21. The molecule has 1 N–H and O–H groups in total. The van der Waals surface area contributed by atoms with Crippen molar-refractivity contribution in [3.05, 3.63) is 24.0 Å². The van der Waals surface area contributed by atoms with Gasteiger partial charge in [-0.05, 0) is 12.2 Å². The van der Waals surface area contributed by atoms with E-state index in [0.717, 1.165) is 12.2 Å². The minimum atomic E-state index is -1.33. The van der Waals surface area contributed by atoms with Crippen molar-refractivity contribution in [3.8, 4) is 0 Å². The summed E-state index contributed by atoms with van der Waals surface area (Å²) in [5.74, 6) is -1.33.